The molecule has 104 valence electrons. The first-order valence-corrected chi connectivity index (χ1v) is 7.10. The number of ketones is 1. The molecule has 0 rings (SSSR count). The molecule has 0 aromatic carbocycles. The summed E-state index contributed by atoms with van der Waals surface area (Å²) in [6.45, 7) is 9.08. The van der Waals surface area contributed by atoms with Gasteiger partial charge in [0.1, 0.15) is 5.78 Å². The van der Waals surface area contributed by atoms with Gasteiger partial charge in [0.15, 0.2) is 0 Å². The van der Waals surface area contributed by atoms with Crippen molar-refractivity contribution in [1.82, 2.24) is 0 Å². The minimum absolute atomic E-state index is 0.00935. The van der Waals surface area contributed by atoms with Crippen LogP contribution in [0, 0.1) is 23.2 Å². The van der Waals surface area contributed by atoms with Crippen LogP contribution in [0.25, 0.3) is 0 Å². The number of hydrogen-bond acceptors (Lipinski definition) is 2. The molecule has 0 heterocycles. The predicted octanol–water partition coefficient (Wildman–Crippen LogP) is 3.54. The van der Waals surface area contributed by atoms with Crippen molar-refractivity contribution < 1.29 is 4.79 Å². The van der Waals surface area contributed by atoms with Gasteiger partial charge >= 0.3 is 0 Å². The highest BCUT2D eigenvalue weighted by Crippen LogP contribution is 2.17. The first kappa shape index (κ1) is 17.2. The molecule has 0 bridgehead atoms. The zero-order valence-electron chi connectivity index (χ0n) is 12.5. The van der Waals surface area contributed by atoms with Crippen LogP contribution >= 0.6 is 0 Å². The standard InChI is InChI=1S/C16H29NO/c1-5-7-14(11-13-17)9-10-15(18)8-6-12-16(2,3)4/h14H,5,7-11,13,17H2,1-4H3. The molecule has 0 aliphatic heterocycles. The summed E-state index contributed by atoms with van der Waals surface area (Å²) >= 11 is 0. The van der Waals surface area contributed by atoms with Crippen LogP contribution in [0.1, 0.15) is 66.2 Å². The van der Waals surface area contributed by atoms with E-state index in [9.17, 15) is 4.79 Å². The molecule has 0 amide bonds. The summed E-state index contributed by atoms with van der Waals surface area (Å²) in [7, 11) is 0. The number of carbonyl (C=O) groups is 1. The Labute approximate surface area is 113 Å². The quantitative estimate of drug-likeness (QED) is 0.670. The maximum absolute atomic E-state index is 11.7. The maximum atomic E-state index is 11.7. The fourth-order valence-corrected chi connectivity index (χ4v) is 1.94. The van der Waals surface area contributed by atoms with Gasteiger partial charge in [-0.05, 0) is 46.1 Å². The Hall–Kier alpha value is -0.810. The summed E-state index contributed by atoms with van der Waals surface area (Å²) in [5.74, 6) is 6.97. The molecule has 0 radical (unpaired) electrons. The predicted molar refractivity (Wildman–Crippen MR) is 78.2 cm³/mol. The van der Waals surface area contributed by atoms with E-state index in [4.69, 9.17) is 5.73 Å². The van der Waals surface area contributed by atoms with Gasteiger partial charge in [0.25, 0.3) is 0 Å². The first-order chi connectivity index (χ1) is 8.39. The van der Waals surface area contributed by atoms with Crippen molar-refractivity contribution in [1.29, 1.82) is 0 Å². The van der Waals surface area contributed by atoms with E-state index in [2.05, 4.69) is 39.5 Å². The summed E-state index contributed by atoms with van der Waals surface area (Å²) in [5.41, 5.74) is 5.58. The molecule has 1 unspecified atom stereocenters. The van der Waals surface area contributed by atoms with Crippen molar-refractivity contribution in [2.24, 2.45) is 17.1 Å². The van der Waals surface area contributed by atoms with Crippen molar-refractivity contribution in [3.63, 3.8) is 0 Å². The smallest absolute Gasteiger partial charge is 0.144 e. The zero-order chi connectivity index (χ0) is 14.0. The summed E-state index contributed by atoms with van der Waals surface area (Å²) in [5, 5.41) is 0. The highest BCUT2D eigenvalue weighted by molar-refractivity contribution is 5.80. The van der Waals surface area contributed by atoms with Gasteiger partial charge in [0.2, 0.25) is 0 Å². The summed E-state index contributed by atoms with van der Waals surface area (Å²) in [4.78, 5) is 11.7. The summed E-state index contributed by atoms with van der Waals surface area (Å²) < 4.78 is 0. The third-order valence-electron chi connectivity index (χ3n) is 2.85. The van der Waals surface area contributed by atoms with Crippen molar-refractivity contribution in [2.45, 2.75) is 66.2 Å². The monoisotopic (exact) mass is 251 g/mol. The van der Waals surface area contributed by atoms with E-state index in [1.165, 1.54) is 12.8 Å². The largest absolute Gasteiger partial charge is 0.330 e. The molecular formula is C16H29NO. The highest BCUT2D eigenvalue weighted by atomic mass is 16.1. The molecule has 0 aliphatic rings. The average molecular weight is 251 g/mol. The van der Waals surface area contributed by atoms with Gasteiger partial charge in [0.05, 0.1) is 6.42 Å². The first-order valence-electron chi connectivity index (χ1n) is 7.10. The van der Waals surface area contributed by atoms with Gasteiger partial charge in [-0.25, -0.2) is 0 Å². The third kappa shape index (κ3) is 10.4. The summed E-state index contributed by atoms with van der Waals surface area (Å²) in [6, 6.07) is 0. The van der Waals surface area contributed by atoms with E-state index < -0.39 is 0 Å². The normalized spacial score (nSPS) is 12.7. The van der Waals surface area contributed by atoms with E-state index in [-0.39, 0.29) is 11.2 Å². The van der Waals surface area contributed by atoms with Gasteiger partial charge in [-0.2, -0.15) is 0 Å². The lowest BCUT2D eigenvalue weighted by Gasteiger charge is -2.13. The summed E-state index contributed by atoms with van der Waals surface area (Å²) in [6.07, 6.45) is 5.42. The lowest BCUT2D eigenvalue weighted by Crippen LogP contribution is -2.10. The second kappa shape index (κ2) is 9.16. The Kier molecular flexibility index (Phi) is 8.75. The molecule has 0 aromatic heterocycles. The Morgan fingerprint density at radius 3 is 2.39 bits per heavy atom. The molecule has 0 spiro atoms. The van der Waals surface area contributed by atoms with Crippen LogP contribution in [0.5, 0.6) is 0 Å². The number of nitrogens with two attached hydrogens (primary N) is 1. The Bertz CT molecular complexity index is 284. The Morgan fingerprint density at radius 2 is 1.89 bits per heavy atom. The lowest BCUT2D eigenvalue weighted by atomic mass is 9.93. The van der Waals surface area contributed by atoms with E-state index in [1.54, 1.807) is 0 Å². The van der Waals surface area contributed by atoms with Gasteiger partial charge in [-0.3, -0.25) is 4.79 Å². The van der Waals surface area contributed by atoms with Crippen LogP contribution in [0.2, 0.25) is 0 Å². The average Bonchev–Trinajstić information content (AvgIpc) is 2.25. The fraction of sp³-hybridized carbons (Fsp3) is 0.812. The molecule has 0 aromatic rings. The second-order valence-electron chi connectivity index (χ2n) is 6.04. The molecular weight excluding hydrogens is 222 g/mol. The van der Waals surface area contributed by atoms with Crippen LogP contribution < -0.4 is 5.73 Å². The number of Topliss-reactive ketones (excluding diaryl/α,β-unsaturated/α-hetero) is 1. The van der Waals surface area contributed by atoms with Crippen LogP contribution in [-0.4, -0.2) is 12.3 Å². The van der Waals surface area contributed by atoms with Crippen LogP contribution in [0.3, 0.4) is 0 Å². The molecule has 2 N–H and O–H groups in total. The second-order valence-corrected chi connectivity index (χ2v) is 6.04. The lowest BCUT2D eigenvalue weighted by molar-refractivity contribution is -0.118. The number of rotatable bonds is 8. The Balaban J connectivity index is 3.96. The molecule has 0 saturated carbocycles. The molecule has 2 heteroatoms. The van der Waals surface area contributed by atoms with Crippen molar-refractivity contribution in [2.75, 3.05) is 6.54 Å². The van der Waals surface area contributed by atoms with Crippen LogP contribution in [0.4, 0.5) is 0 Å². The van der Waals surface area contributed by atoms with Gasteiger partial charge < -0.3 is 5.73 Å². The van der Waals surface area contributed by atoms with E-state index in [0.717, 1.165) is 19.4 Å². The van der Waals surface area contributed by atoms with Gasteiger partial charge in [-0.15, -0.1) is 0 Å². The number of hydrogen-bond donors (Lipinski definition) is 1. The van der Waals surface area contributed by atoms with Gasteiger partial charge in [-0.1, -0.05) is 31.6 Å². The maximum Gasteiger partial charge on any atom is 0.144 e. The minimum Gasteiger partial charge on any atom is -0.330 e. The van der Waals surface area contributed by atoms with Crippen LogP contribution in [-0.2, 0) is 4.79 Å². The van der Waals surface area contributed by atoms with Crippen molar-refractivity contribution in [3.05, 3.63) is 0 Å². The van der Waals surface area contributed by atoms with Crippen LogP contribution in [0.15, 0.2) is 0 Å². The number of carbonyl (C=O) groups excluding carboxylic acids is 1. The molecule has 2 nitrogen and oxygen atoms in total. The molecule has 0 saturated heterocycles. The Morgan fingerprint density at radius 1 is 1.22 bits per heavy atom. The molecule has 18 heavy (non-hydrogen) atoms. The van der Waals surface area contributed by atoms with E-state index >= 15 is 0 Å². The topological polar surface area (TPSA) is 43.1 Å². The van der Waals surface area contributed by atoms with E-state index in [0.29, 0.717) is 18.8 Å². The van der Waals surface area contributed by atoms with E-state index in [1.807, 2.05) is 0 Å². The van der Waals surface area contributed by atoms with Crippen molar-refractivity contribution >= 4 is 5.78 Å². The SMILES string of the molecule is CCCC(CCN)CCC(=O)CC#CC(C)(C)C. The minimum atomic E-state index is -0.00935. The van der Waals surface area contributed by atoms with Crippen molar-refractivity contribution in [3.8, 4) is 11.8 Å². The molecule has 0 fully saturated rings. The highest BCUT2D eigenvalue weighted by Gasteiger charge is 2.10. The molecule has 1 atom stereocenters. The zero-order valence-corrected chi connectivity index (χ0v) is 12.5. The van der Waals surface area contributed by atoms with Gasteiger partial charge in [0, 0.05) is 11.8 Å². The fourth-order valence-electron chi connectivity index (χ4n) is 1.94. The third-order valence-corrected chi connectivity index (χ3v) is 2.85. The molecule has 0 aliphatic carbocycles.